The lowest BCUT2D eigenvalue weighted by molar-refractivity contribution is 0.435. The van der Waals surface area contributed by atoms with Gasteiger partial charge < -0.3 is 9.64 Å². The Morgan fingerprint density at radius 3 is 1.39 bits per heavy atom. The molecule has 3 heteroatoms. The number of fused-ring (bicyclic) bond motifs is 10. The summed E-state index contributed by atoms with van der Waals surface area (Å²) in [6.45, 7) is 27.2. The maximum absolute atomic E-state index is 9.44. The van der Waals surface area contributed by atoms with E-state index in [0.29, 0.717) is 5.56 Å². The zero-order chi connectivity index (χ0) is 60.0. The molecule has 0 fully saturated rings. The Bertz CT molecular complexity index is 4220. The molecule has 3 aliphatic heterocycles. The van der Waals surface area contributed by atoms with Gasteiger partial charge in [-0.3, -0.25) is 0 Å². The molecule has 0 saturated heterocycles. The zero-order valence-electron chi connectivity index (χ0n) is 53.3. The van der Waals surface area contributed by atoms with E-state index in [1.54, 1.807) is 0 Å². The first-order valence-corrected chi connectivity index (χ1v) is 28.4. The smallest absolute Gasteiger partial charge is 0.247 e. The molecule has 0 saturated carbocycles. The number of nitrogens with zero attached hydrogens (tertiary/aromatic N) is 1. The molecule has 10 aromatic carbocycles. The monoisotopic (exact) mass is 1040 g/mol. The number of benzene rings is 10. The van der Waals surface area contributed by atoms with Gasteiger partial charge in [-0.2, -0.15) is 0 Å². The Labute approximate surface area is 483 Å². The van der Waals surface area contributed by atoms with Crippen molar-refractivity contribution in [1.82, 2.24) is 0 Å². The number of ether oxygens (including phenoxy) is 1. The normalized spacial score (nSPS) is 15.0. The zero-order valence-corrected chi connectivity index (χ0v) is 48.3. The van der Waals surface area contributed by atoms with E-state index in [1.807, 2.05) is 6.07 Å². The van der Waals surface area contributed by atoms with Gasteiger partial charge in [0.1, 0.15) is 11.5 Å². The number of hydrogen-bond acceptors (Lipinski definition) is 2. The second-order valence-corrected chi connectivity index (χ2v) is 26.6. The van der Waals surface area contributed by atoms with Crippen LogP contribution in [0, 0.1) is 0 Å². The summed E-state index contributed by atoms with van der Waals surface area (Å²) in [5, 5.41) is 0. The van der Waals surface area contributed by atoms with E-state index in [9.17, 15) is 2.74 Å². The van der Waals surface area contributed by atoms with Crippen LogP contribution in [0.4, 0.5) is 17.1 Å². The predicted molar refractivity (Wildman–Crippen MR) is 341 cm³/mol. The number of anilines is 3. The Hall–Kier alpha value is -8.14. The van der Waals surface area contributed by atoms with E-state index in [4.69, 9.17) is 8.85 Å². The van der Waals surface area contributed by atoms with Gasteiger partial charge in [0.05, 0.1) is 18.0 Å². The topological polar surface area (TPSA) is 12.5 Å². The molecule has 80 heavy (non-hydrogen) atoms. The molecule has 0 amide bonds. The highest BCUT2D eigenvalue weighted by Crippen LogP contribution is 2.59. The van der Waals surface area contributed by atoms with E-state index >= 15 is 0 Å². The van der Waals surface area contributed by atoms with Crippen LogP contribution in [0.25, 0.3) is 44.5 Å². The highest BCUT2D eigenvalue weighted by molar-refractivity contribution is 6.99. The minimum atomic E-state index is -0.913. The molecule has 0 aromatic heterocycles. The van der Waals surface area contributed by atoms with Gasteiger partial charge in [0, 0.05) is 33.6 Å². The van der Waals surface area contributed by atoms with Gasteiger partial charge in [0.15, 0.2) is 0 Å². The van der Waals surface area contributed by atoms with Crippen molar-refractivity contribution in [1.29, 1.82) is 0 Å². The van der Waals surface area contributed by atoms with Crippen LogP contribution < -0.4 is 26.0 Å². The van der Waals surface area contributed by atoms with Crippen LogP contribution in [0.2, 0.25) is 0 Å². The third-order valence-corrected chi connectivity index (χ3v) is 17.3. The summed E-state index contributed by atoms with van der Waals surface area (Å²) >= 11 is 0. The van der Waals surface area contributed by atoms with Gasteiger partial charge in [-0.1, -0.05) is 270 Å². The average molecular weight is 1040 g/mol. The SMILES string of the molecule is [2H]c1c([2H])c([2H])c(-c2ccc3c(c2)N(c2c(-c4ccccc4)cc(C(C)(C)C)cc2-c2ccccc2)c2cc(C(C)(C)C)cc4c2B3c2ccc(-c3cc(C(C)(C)C)cc(C(C)(C)C)c3)cc2C42c3ccccc3Oc3ccccc32)c([2H])c1[2H]. The number of hydrogen-bond donors (Lipinski definition) is 0. The lowest BCUT2D eigenvalue weighted by Gasteiger charge is -2.51. The molecule has 0 atom stereocenters. The van der Waals surface area contributed by atoms with E-state index in [-0.39, 0.29) is 58.1 Å². The van der Waals surface area contributed by atoms with Crippen molar-refractivity contribution in [3.63, 3.8) is 0 Å². The van der Waals surface area contributed by atoms with E-state index in [1.165, 1.54) is 33.3 Å². The fraction of sp³-hybridized carbons (Fsp3) is 0.221. The summed E-state index contributed by atoms with van der Waals surface area (Å²) in [6.07, 6.45) is 0. The van der Waals surface area contributed by atoms with Crippen LogP contribution >= 0.6 is 0 Å². The molecular weight excluding hydrogens is 966 g/mol. The van der Waals surface area contributed by atoms with Crippen LogP contribution in [0.15, 0.2) is 218 Å². The molecule has 0 N–H and O–H groups in total. The molecule has 0 bridgehead atoms. The molecule has 13 rings (SSSR count). The van der Waals surface area contributed by atoms with Gasteiger partial charge >= 0.3 is 0 Å². The molecule has 10 aromatic rings. The molecule has 1 spiro atoms. The van der Waals surface area contributed by atoms with Crippen LogP contribution in [-0.2, 0) is 27.1 Å². The summed E-state index contributed by atoms with van der Waals surface area (Å²) in [5.74, 6) is 1.62. The van der Waals surface area contributed by atoms with Crippen molar-refractivity contribution in [3.05, 3.63) is 263 Å². The molecule has 2 nitrogen and oxygen atoms in total. The van der Waals surface area contributed by atoms with E-state index < -0.39 is 11.5 Å². The van der Waals surface area contributed by atoms with Crippen molar-refractivity contribution >= 4 is 40.2 Å². The third-order valence-electron chi connectivity index (χ3n) is 17.3. The Balaban J connectivity index is 1.25. The van der Waals surface area contributed by atoms with Crippen molar-refractivity contribution in [2.75, 3.05) is 4.90 Å². The van der Waals surface area contributed by atoms with Crippen LogP contribution in [-0.4, -0.2) is 6.71 Å². The van der Waals surface area contributed by atoms with Gasteiger partial charge in [0.2, 0.25) is 6.71 Å². The lowest BCUT2D eigenvalue weighted by atomic mass is 9.29. The minimum Gasteiger partial charge on any atom is -0.457 e. The van der Waals surface area contributed by atoms with Crippen LogP contribution in [0.5, 0.6) is 11.5 Å². The standard InChI is InChI=1S/C77H72BNO/c1-73(2,3)55-40-54(41-56(44-55)74(4,5)6)52-36-38-65-63(42-52)77(61-32-22-24-34-69(61)80-70-35-25-23-33-62(70)77)64-47-58(76(10,11)12)48-68-71(64)78(65)66-39-37-53(49-26-16-13-17-27-49)43-67(66)79(68)72-59(50-28-18-14-19-29-50)45-57(75(7,8)9)46-60(72)51-30-20-15-21-31-51/h13-48H,1-12H3/i13D,16D,17D,26D,27D. The Morgan fingerprint density at radius 2 is 0.850 bits per heavy atom. The second kappa shape index (κ2) is 18.5. The van der Waals surface area contributed by atoms with Gasteiger partial charge in [-0.05, 0) is 136 Å². The first-order chi connectivity index (χ1) is 40.3. The quantitative estimate of drug-likeness (QED) is 0.159. The van der Waals surface area contributed by atoms with Crippen LogP contribution in [0.1, 0.15) is 134 Å². The predicted octanol–water partition coefficient (Wildman–Crippen LogP) is 18.6. The molecule has 0 unspecified atom stereocenters. The van der Waals surface area contributed by atoms with Crippen LogP contribution in [0.3, 0.4) is 0 Å². The maximum Gasteiger partial charge on any atom is 0.247 e. The maximum atomic E-state index is 9.44. The number of rotatable bonds is 5. The molecule has 0 radical (unpaired) electrons. The highest BCUT2D eigenvalue weighted by atomic mass is 16.5. The number of para-hydroxylation sites is 2. The molecule has 394 valence electrons. The highest BCUT2D eigenvalue weighted by Gasteiger charge is 2.55. The summed E-state index contributed by atoms with van der Waals surface area (Å²) in [6, 6.07) is 67.5. The first-order valence-electron chi connectivity index (χ1n) is 30.9. The largest absolute Gasteiger partial charge is 0.457 e. The molecule has 3 aliphatic rings. The van der Waals surface area contributed by atoms with Gasteiger partial charge in [-0.15, -0.1) is 0 Å². The van der Waals surface area contributed by atoms with E-state index in [0.717, 1.165) is 89.6 Å². The average Bonchev–Trinajstić information content (AvgIpc) is 0.706. The summed E-state index contributed by atoms with van der Waals surface area (Å²) in [5.41, 5.74) is 21.0. The summed E-state index contributed by atoms with van der Waals surface area (Å²) < 4.78 is 52.5. The van der Waals surface area contributed by atoms with Crippen molar-refractivity contribution in [2.45, 2.75) is 110 Å². The Morgan fingerprint density at radius 1 is 0.375 bits per heavy atom. The van der Waals surface area contributed by atoms with Crippen molar-refractivity contribution < 1.29 is 11.6 Å². The van der Waals surface area contributed by atoms with E-state index in [2.05, 4.69) is 270 Å². The summed E-state index contributed by atoms with van der Waals surface area (Å²) in [4.78, 5) is 2.49. The lowest BCUT2D eigenvalue weighted by Crippen LogP contribution is -2.65. The van der Waals surface area contributed by atoms with Crippen molar-refractivity contribution in [3.8, 4) is 56.0 Å². The fourth-order valence-electron chi connectivity index (χ4n) is 12.9. The summed E-state index contributed by atoms with van der Waals surface area (Å²) in [7, 11) is 0. The third kappa shape index (κ3) is 8.29. The fourth-order valence-corrected chi connectivity index (χ4v) is 12.9. The molecule has 0 aliphatic carbocycles. The Kier molecular flexibility index (Phi) is 10.5. The molecular formula is C77H72BNO. The minimum absolute atomic E-state index is 0.109. The first kappa shape index (κ1) is 45.7. The van der Waals surface area contributed by atoms with Gasteiger partial charge in [-0.25, -0.2) is 0 Å². The van der Waals surface area contributed by atoms with Crippen molar-refractivity contribution in [2.24, 2.45) is 0 Å². The van der Waals surface area contributed by atoms with Gasteiger partial charge in [0.25, 0.3) is 0 Å². The second-order valence-electron chi connectivity index (χ2n) is 26.6. The molecule has 3 heterocycles.